The quantitative estimate of drug-likeness (QED) is 0.0982. The fraction of sp³-hybridized carbons (Fsp3) is 0.333. The molecule has 0 spiro atoms. The number of hydrogen-bond acceptors (Lipinski definition) is 4. The van der Waals surface area contributed by atoms with E-state index in [4.69, 9.17) is 9.97 Å². The monoisotopic (exact) mass is 642 g/mol. The van der Waals surface area contributed by atoms with Crippen LogP contribution in [0.3, 0.4) is 0 Å². The summed E-state index contributed by atoms with van der Waals surface area (Å²) in [7, 11) is 0. The molecule has 0 N–H and O–H groups in total. The van der Waals surface area contributed by atoms with Crippen LogP contribution in [0, 0.1) is 0 Å². The van der Waals surface area contributed by atoms with Crippen LogP contribution in [0.25, 0.3) is 55.5 Å². The van der Waals surface area contributed by atoms with Crippen molar-refractivity contribution in [1.82, 2.24) is 9.97 Å². The van der Waals surface area contributed by atoms with Crippen LogP contribution in [0.4, 0.5) is 0 Å². The lowest BCUT2D eigenvalue weighted by Crippen LogP contribution is -1.86. The highest BCUT2D eigenvalue weighted by molar-refractivity contribution is 7.21. The van der Waals surface area contributed by atoms with E-state index in [1.807, 2.05) is 0 Å². The average Bonchev–Trinajstić information content (AvgIpc) is 3.71. The maximum atomic E-state index is 4.95. The zero-order chi connectivity index (χ0) is 31.6. The summed E-state index contributed by atoms with van der Waals surface area (Å²) >= 11 is 3.54. The van der Waals surface area contributed by atoms with Gasteiger partial charge >= 0.3 is 0 Å². The first kappa shape index (κ1) is 32.3. The van der Waals surface area contributed by atoms with Crippen LogP contribution in [0.15, 0.2) is 72.8 Å². The van der Waals surface area contributed by atoms with Gasteiger partial charge in [-0.05, 0) is 72.2 Å². The first-order valence-corrected chi connectivity index (χ1v) is 19.0. The van der Waals surface area contributed by atoms with E-state index in [1.54, 1.807) is 22.7 Å². The molecule has 0 atom stereocenters. The molecule has 0 radical (unpaired) electrons. The predicted octanol–water partition coefficient (Wildman–Crippen LogP) is 13.4. The number of aromatic nitrogens is 2. The lowest BCUT2D eigenvalue weighted by molar-refractivity contribution is 0.632. The van der Waals surface area contributed by atoms with Gasteiger partial charge in [-0.25, -0.2) is 9.97 Å². The molecule has 0 saturated heterocycles. The molecule has 0 aliphatic heterocycles. The molecule has 0 aliphatic rings. The highest BCUT2D eigenvalue weighted by atomic mass is 32.1. The molecule has 2 nitrogen and oxygen atoms in total. The van der Waals surface area contributed by atoms with Crippen LogP contribution < -0.4 is 0 Å². The van der Waals surface area contributed by atoms with E-state index in [1.165, 1.54) is 119 Å². The van der Waals surface area contributed by atoms with Crippen LogP contribution in [0.1, 0.15) is 110 Å². The molecule has 236 valence electrons. The Bertz CT molecular complexity index is 1760. The van der Waals surface area contributed by atoms with Crippen LogP contribution in [0.5, 0.6) is 0 Å². The zero-order valence-electron chi connectivity index (χ0n) is 27.4. The van der Waals surface area contributed by atoms with E-state index < -0.39 is 0 Å². The summed E-state index contributed by atoms with van der Waals surface area (Å²) in [6.45, 7) is 4.54. The summed E-state index contributed by atoms with van der Waals surface area (Å²) in [6.07, 6.45) is 24.3. The lowest BCUT2D eigenvalue weighted by Gasteiger charge is -2.02. The van der Waals surface area contributed by atoms with Crippen LogP contribution >= 0.6 is 22.7 Å². The van der Waals surface area contributed by atoms with Crippen molar-refractivity contribution in [3.8, 4) is 0 Å². The first-order chi connectivity index (χ1) is 22.7. The largest absolute Gasteiger partial charge is 0.237 e. The Labute approximate surface area is 283 Å². The van der Waals surface area contributed by atoms with Crippen molar-refractivity contribution in [1.29, 1.82) is 0 Å². The van der Waals surface area contributed by atoms with Gasteiger partial charge in [-0.1, -0.05) is 138 Å². The molecule has 4 aromatic carbocycles. The number of thiazole rings is 2. The van der Waals surface area contributed by atoms with Gasteiger partial charge in [-0.3, -0.25) is 0 Å². The summed E-state index contributed by atoms with van der Waals surface area (Å²) in [6, 6.07) is 26.8. The molecule has 2 heterocycles. The second kappa shape index (κ2) is 16.3. The predicted molar refractivity (Wildman–Crippen MR) is 206 cm³/mol. The molecule has 6 aromatic rings. The second-order valence-electron chi connectivity index (χ2n) is 12.5. The van der Waals surface area contributed by atoms with Gasteiger partial charge < -0.3 is 0 Å². The molecule has 6 rings (SSSR count). The summed E-state index contributed by atoms with van der Waals surface area (Å²) in [5, 5.41) is 4.60. The van der Waals surface area contributed by atoms with E-state index in [2.05, 4.69) is 111 Å². The minimum atomic E-state index is 1.04. The molecule has 0 aliphatic carbocycles. The summed E-state index contributed by atoms with van der Waals surface area (Å²) < 4.78 is 2.49. The molecule has 0 bridgehead atoms. The Kier molecular flexibility index (Phi) is 11.5. The lowest BCUT2D eigenvalue weighted by atomic mass is 10.0. The van der Waals surface area contributed by atoms with E-state index in [0.29, 0.717) is 0 Å². The van der Waals surface area contributed by atoms with E-state index in [9.17, 15) is 0 Å². The van der Waals surface area contributed by atoms with Gasteiger partial charge in [-0.15, -0.1) is 22.7 Å². The Morgan fingerprint density at radius 3 is 1.28 bits per heavy atom. The highest BCUT2D eigenvalue weighted by Crippen LogP contribution is 2.37. The minimum absolute atomic E-state index is 1.04. The summed E-state index contributed by atoms with van der Waals surface area (Å²) in [5.41, 5.74) is 7.43. The van der Waals surface area contributed by atoms with Crippen LogP contribution in [0.2, 0.25) is 0 Å². The van der Waals surface area contributed by atoms with Crippen molar-refractivity contribution in [2.45, 2.75) is 90.9 Å². The smallest absolute Gasteiger partial charge is 0.117 e. The van der Waals surface area contributed by atoms with Crippen LogP contribution in [-0.4, -0.2) is 9.97 Å². The second-order valence-corrected chi connectivity index (χ2v) is 14.6. The molecular formula is C42H46N2S2. The number of unbranched alkanes of at least 4 members (excludes halogenated alkanes) is 8. The normalized spacial score (nSPS) is 12.1. The SMILES string of the molecule is CCCCCCCc1ccc(/C=C/c2nc3ccc4c(ccc5nc(/C=C/c6ccc(CCCCCCC)cc6)sc54)c3s2)cc1. The maximum absolute atomic E-state index is 4.95. The third-order valence-corrected chi connectivity index (χ3v) is 11.0. The number of hydrogen-bond donors (Lipinski definition) is 0. The molecule has 0 saturated carbocycles. The van der Waals surface area contributed by atoms with Gasteiger partial charge in [0.2, 0.25) is 0 Å². The first-order valence-electron chi connectivity index (χ1n) is 17.4. The third kappa shape index (κ3) is 8.40. The molecule has 0 amide bonds. The topological polar surface area (TPSA) is 25.8 Å². The molecule has 0 unspecified atom stereocenters. The Morgan fingerprint density at radius 1 is 0.457 bits per heavy atom. The number of fused-ring (bicyclic) bond motifs is 5. The Hall–Kier alpha value is -3.60. The van der Waals surface area contributed by atoms with Gasteiger partial charge in [0.25, 0.3) is 0 Å². The summed E-state index contributed by atoms with van der Waals surface area (Å²) in [4.78, 5) is 9.90. The zero-order valence-corrected chi connectivity index (χ0v) is 29.1. The van der Waals surface area contributed by atoms with Crippen molar-refractivity contribution < 1.29 is 0 Å². The van der Waals surface area contributed by atoms with Crippen molar-refractivity contribution in [2.24, 2.45) is 0 Å². The van der Waals surface area contributed by atoms with E-state index in [0.717, 1.165) is 21.0 Å². The van der Waals surface area contributed by atoms with E-state index in [-0.39, 0.29) is 0 Å². The molecule has 4 heteroatoms. The molecule has 0 fully saturated rings. The van der Waals surface area contributed by atoms with Gasteiger partial charge in [0.05, 0.1) is 20.4 Å². The molecular weight excluding hydrogens is 597 g/mol. The van der Waals surface area contributed by atoms with E-state index >= 15 is 0 Å². The fourth-order valence-electron chi connectivity index (χ4n) is 6.14. The number of nitrogens with zero attached hydrogens (tertiary/aromatic N) is 2. The number of rotatable bonds is 16. The average molecular weight is 643 g/mol. The Morgan fingerprint density at radius 2 is 0.870 bits per heavy atom. The fourth-order valence-corrected chi connectivity index (χ4v) is 8.13. The third-order valence-electron chi connectivity index (χ3n) is 8.87. The Balaban J connectivity index is 1.12. The van der Waals surface area contributed by atoms with Crippen molar-refractivity contribution in [3.63, 3.8) is 0 Å². The standard InChI is InChI=1S/C42H46N2S2/c1-3-5-7-9-11-13-31-15-19-33(20-16-31)23-29-39-43-37-27-25-36-35(41(37)45-39)26-28-38-42(36)46-40(44-38)30-24-34-21-17-32(18-22-34)14-12-10-8-6-4-2/h15-30H,3-14H2,1-2H3/b29-23+,30-24+. The number of benzene rings is 4. The van der Waals surface area contributed by atoms with Crippen LogP contribution in [-0.2, 0) is 12.8 Å². The van der Waals surface area contributed by atoms with Gasteiger partial charge in [-0.2, -0.15) is 0 Å². The van der Waals surface area contributed by atoms with Gasteiger partial charge in [0, 0.05) is 10.8 Å². The molecule has 46 heavy (non-hydrogen) atoms. The maximum Gasteiger partial charge on any atom is 0.117 e. The molecule has 2 aromatic heterocycles. The van der Waals surface area contributed by atoms with Gasteiger partial charge in [0.1, 0.15) is 10.0 Å². The van der Waals surface area contributed by atoms with Crippen molar-refractivity contribution >= 4 is 78.2 Å². The number of aryl methyl sites for hydroxylation is 2. The minimum Gasteiger partial charge on any atom is -0.237 e. The summed E-state index contributed by atoms with van der Waals surface area (Å²) in [5.74, 6) is 0. The van der Waals surface area contributed by atoms with Crippen molar-refractivity contribution in [3.05, 3.63) is 105 Å². The van der Waals surface area contributed by atoms with Gasteiger partial charge in [0.15, 0.2) is 0 Å². The highest BCUT2D eigenvalue weighted by Gasteiger charge is 2.11. The van der Waals surface area contributed by atoms with Crippen molar-refractivity contribution in [2.75, 3.05) is 0 Å².